The molecule has 1 amide bonds. The average molecular weight is 501 g/mol. The van der Waals surface area contributed by atoms with E-state index in [1.807, 2.05) is 14.0 Å². The highest BCUT2D eigenvalue weighted by Gasteiger charge is 2.38. The first-order valence-electron chi connectivity index (χ1n) is 14.2. The number of methoxy groups -OCH3 is 1. The van der Waals surface area contributed by atoms with E-state index in [-0.39, 0.29) is 12.0 Å². The van der Waals surface area contributed by atoms with Gasteiger partial charge in [-0.3, -0.25) is 4.79 Å². The highest BCUT2D eigenvalue weighted by atomic mass is 16.5. The number of carbonyl (C=O) groups excluding carboxylic acids is 1. The number of hydrogen-bond acceptors (Lipinski definition) is 4. The Labute approximate surface area is 220 Å². The summed E-state index contributed by atoms with van der Waals surface area (Å²) in [5, 5.41) is 3.06. The van der Waals surface area contributed by atoms with Gasteiger partial charge in [-0.15, -0.1) is 0 Å². The summed E-state index contributed by atoms with van der Waals surface area (Å²) in [5.41, 5.74) is 7.44. The maximum absolute atomic E-state index is 12.0. The number of nitrogens with zero attached hydrogens (tertiary/aromatic N) is 3. The van der Waals surface area contributed by atoms with Gasteiger partial charge in [-0.25, -0.2) is 4.98 Å². The zero-order chi connectivity index (χ0) is 25.5. The number of nitrogens with one attached hydrogen (secondary N) is 1. The number of hydrogen-bond donors (Lipinski definition) is 1. The first-order chi connectivity index (χ1) is 18.0. The van der Waals surface area contributed by atoms with Crippen molar-refractivity contribution in [2.45, 2.75) is 76.9 Å². The summed E-state index contributed by atoms with van der Waals surface area (Å²) in [7, 11) is 1.88. The minimum Gasteiger partial charge on any atom is -0.378 e. The van der Waals surface area contributed by atoms with Crippen LogP contribution in [0.15, 0.2) is 36.4 Å². The SMILES string of the molecule is CCCC(=O)Nc1ccc2c(c1)C[C@H](CN1CC[C@H](n3c(C4CC4)nc4cc(C)ccc43)[C@@H](OC)C1)C2. The second kappa shape index (κ2) is 10.2. The van der Waals surface area contributed by atoms with E-state index >= 15 is 0 Å². The van der Waals surface area contributed by atoms with Crippen molar-refractivity contribution >= 4 is 22.6 Å². The van der Waals surface area contributed by atoms with Gasteiger partial charge >= 0.3 is 0 Å². The largest absolute Gasteiger partial charge is 0.378 e. The smallest absolute Gasteiger partial charge is 0.224 e. The van der Waals surface area contributed by atoms with Crippen LogP contribution in [-0.4, -0.2) is 53.2 Å². The molecule has 0 radical (unpaired) electrons. The molecule has 37 heavy (non-hydrogen) atoms. The van der Waals surface area contributed by atoms with Gasteiger partial charge in [0.2, 0.25) is 5.91 Å². The zero-order valence-corrected chi connectivity index (χ0v) is 22.5. The molecule has 2 heterocycles. The molecular weight excluding hydrogens is 460 g/mol. The summed E-state index contributed by atoms with van der Waals surface area (Å²) >= 11 is 0. The molecule has 3 aliphatic rings. The molecule has 6 heteroatoms. The first-order valence-corrected chi connectivity index (χ1v) is 14.2. The predicted molar refractivity (Wildman–Crippen MR) is 148 cm³/mol. The highest BCUT2D eigenvalue weighted by Crippen LogP contribution is 2.43. The fourth-order valence-electron chi connectivity index (χ4n) is 6.60. The van der Waals surface area contributed by atoms with Crippen molar-refractivity contribution < 1.29 is 9.53 Å². The molecule has 1 saturated heterocycles. The normalized spacial score (nSPS) is 23.9. The molecule has 6 nitrogen and oxygen atoms in total. The molecule has 0 bridgehead atoms. The molecule has 196 valence electrons. The fraction of sp³-hybridized carbons (Fsp3) is 0.548. The lowest BCUT2D eigenvalue weighted by atomic mass is 9.98. The molecule has 6 rings (SSSR count). The molecule has 0 unspecified atom stereocenters. The van der Waals surface area contributed by atoms with Gasteiger partial charge in [0.25, 0.3) is 0 Å². The Morgan fingerprint density at radius 1 is 1.11 bits per heavy atom. The number of benzene rings is 2. The van der Waals surface area contributed by atoms with Gasteiger partial charge in [0, 0.05) is 44.8 Å². The number of aryl methyl sites for hydroxylation is 1. The molecule has 2 fully saturated rings. The summed E-state index contributed by atoms with van der Waals surface area (Å²) in [6.07, 6.45) is 7.41. The summed E-state index contributed by atoms with van der Waals surface area (Å²) in [6, 6.07) is 13.5. The van der Waals surface area contributed by atoms with Crippen LogP contribution in [0.1, 0.15) is 73.5 Å². The van der Waals surface area contributed by atoms with E-state index in [2.05, 4.69) is 58.1 Å². The number of likely N-dealkylation sites (tertiary alicyclic amines) is 1. The van der Waals surface area contributed by atoms with Crippen LogP contribution in [0.25, 0.3) is 11.0 Å². The van der Waals surface area contributed by atoms with Gasteiger partial charge in [-0.1, -0.05) is 19.1 Å². The molecule has 2 aliphatic carbocycles. The standard InChI is InChI=1S/C31H40N4O2/c1-4-5-30(36)32-25-10-9-23-15-21(16-24(23)17-25)18-34-13-12-28(29(19-34)37-3)35-27-11-6-20(2)14-26(27)33-31(35)22-7-8-22/h6,9-11,14,17,21-22,28-29H,4-5,7-8,12-13,15-16,18-19H2,1-3H3,(H,32,36)/t21-,28+,29+/m1/s1. The molecule has 3 aromatic rings. The Bertz CT molecular complexity index is 1290. The number of aromatic nitrogens is 2. The number of anilines is 1. The maximum atomic E-state index is 12.0. The molecule has 1 aromatic heterocycles. The Kier molecular flexibility index (Phi) is 6.80. The third kappa shape index (κ3) is 5.06. The summed E-state index contributed by atoms with van der Waals surface area (Å²) in [4.78, 5) is 19.7. The Balaban J connectivity index is 1.13. The van der Waals surface area contributed by atoms with E-state index < -0.39 is 0 Å². The van der Waals surface area contributed by atoms with E-state index in [1.54, 1.807) is 0 Å². The van der Waals surface area contributed by atoms with Gasteiger partial charge in [0.1, 0.15) is 5.82 Å². The predicted octanol–water partition coefficient (Wildman–Crippen LogP) is 5.64. The number of ether oxygens (including phenoxy) is 1. The fourth-order valence-corrected chi connectivity index (χ4v) is 6.60. The lowest BCUT2D eigenvalue weighted by Crippen LogP contribution is -2.47. The van der Waals surface area contributed by atoms with Crippen LogP contribution in [0, 0.1) is 12.8 Å². The number of imidazole rings is 1. The van der Waals surface area contributed by atoms with Gasteiger partial charge in [-0.05, 0) is 92.3 Å². The van der Waals surface area contributed by atoms with Crippen LogP contribution in [-0.2, 0) is 22.4 Å². The second-order valence-electron chi connectivity index (χ2n) is 11.6. The minimum atomic E-state index is 0.108. The average Bonchev–Trinajstić information content (AvgIpc) is 3.55. The van der Waals surface area contributed by atoms with Crippen molar-refractivity contribution in [3.63, 3.8) is 0 Å². The van der Waals surface area contributed by atoms with E-state index in [0.717, 1.165) is 56.5 Å². The third-order valence-electron chi connectivity index (χ3n) is 8.56. The Morgan fingerprint density at radius 3 is 2.73 bits per heavy atom. The molecule has 3 atom stereocenters. The van der Waals surface area contributed by atoms with E-state index in [0.29, 0.717) is 24.3 Å². The third-order valence-corrected chi connectivity index (χ3v) is 8.56. The quantitative estimate of drug-likeness (QED) is 0.435. The first kappa shape index (κ1) is 24.6. The lowest BCUT2D eigenvalue weighted by molar-refractivity contribution is -0.116. The Morgan fingerprint density at radius 2 is 1.95 bits per heavy atom. The maximum Gasteiger partial charge on any atom is 0.224 e. The van der Waals surface area contributed by atoms with Crippen molar-refractivity contribution in [3.05, 3.63) is 58.9 Å². The van der Waals surface area contributed by atoms with Crippen LogP contribution >= 0.6 is 0 Å². The molecule has 0 spiro atoms. The van der Waals surface area contributed by atoms with Crippen molar-refractivity contribution in [1.82, 2.24) is 14.5 Å². The van der Waals surface area contributed by atoms with E-state index in [1.165, 1.54) is 40.9 Å². The van der Waals surface area contributed by atoms with Gasteiger partial charge in [0.05, 0.1) is 23.2 Å². The number of rotatable bonds is 8. The molecule has 2 aromatic carbocycles. The summed E-state index contributed by atoms with van der Waals surface area (Å²) in [5.74, 6) is 2.60. The van der Waals surface area contributed by atoms with Crippen LogP contribution in [0.2, 0.25) is 0 Å². The molecule has 1 N–H and O–H groups in total. The van der Waals surface area contributed by atoms with Gasteiger partial charge < -0.3 is 19.5 Å². The zero-order valence-electron chi connectivity index (χ0n) is 22.5. The highest BCUT2D eigenvalue weighted by molar-refractivity contribution is 5.90. The van der Waals surface area contributed by atoms with Gasteiger partial charge in [-0.2, -0.15) is 0 Å². The summed E-state index contributed by atoms with van der Waals surface area (Å²) < 4.78 is 8.69. The van der Waals surface area contributed by atoms with Gasteiger partial charge in [0.15, 0.2) is 0 Å². The number of piperidine rings is 1. The summed E-state index contributed by atoms with van der Waals surface area (Å²) in [6.45, 7) is 7.33. The van der Waals surface area contributed by atoms with Crippen molar-refractivity contribution in [2.75, 3.05) is 32.1 Å². The van der Waals surface area contributed by atoms with Crippen LogP contribution in [0.5, 0.6) is 0 Å². The number of carbonyl (C=O) groups is 1. The molecule has 1 saturated carbocycles. The molecule has 1 aliphatic heterocycles. The number of amides is 1. The topological polar surface area (TPSA) is 59.4 Å². The second-order valence-corrected chi connectivity index (χ2v) is 11.6. The van der Waals surface area contributed by atoms with E-state index in [9.17, 15) is 4.79 Å². The van der Waals surface area contributed by atoms with Crippen molar-refractivity contribution in [1.29, 1.82) is 0 Å². The monoisotopic (exact) mass is 500 g/mol. The minimum absolute atomic E-state index is 0.108. The van der Waals surface area contributed by atoms with Crippen molar-refractivity contribution in [3.8, 4) is 0 Å². The van der Waals surface area contributed by atoms with E-state index in [4.69, 9.17) is 9.72 Å². The van der Waals surface area contributed by atoms with Crippen molar-refractivity contribution in [2.24, 2.45) is 5.92 Å². The van der Waals surface area contributed by atoms with Crippen LogP contribution in [0.4, 0.5) is 5.69 Å². The van der Waals surface area contributed by atoms with Crippen LogP contribution < -0.4 is 5.32 Å². The van der Waals surface area contributed by atoms with Crippen LogP contribution in [0.3, 0.4) is 0 Å². The number of fused-ring (bicyclic) bond motifs is 2. The Hall–Kier alpha value is -2.70. The molecular formula is C31H40N4O2. The lowest BCUT2D eigenvalue weighted by Gasteiger charge is -2.40.